The molecule has 0 saturated carbocycles. The Balaban J connectivity index is 4.55. The van der Waals surface area contributed by atoms with Crippen LogP contribution >= 0.6 is 7.82 Å². The van der Waals surface area contributed by atoms with E-state index in [1.165, 1.54) is 116 Å². The third-order valence-corrected chi connectivity index (χ3v) is 13.0. The van der Waals surface area contributed by atoms with Gasteiger partial charge in [0, 0.05) is 13.2 Å². The van der Waals surface area contributed by atoms with Crippen molar-refractivity contribution in [2.24, 2.45) is 47.3 Å². The van der Waals surface area contributed by atoms with Gasteiger partial charge in [-0.3, -0.25) is 9.05 Å². The lowest BCUT2D eigenvalue weighted by atomic mass is 9.91. The third kappa shape index (κ3) is 38.2. The van der Waals surface area contributed by atoms with Crippen LogP contribution in [0.2, 0.25) is 0 Å². The van der Waals surface area contributed by atoms with E-state index < -0.39 is 13.9 Å². The van der Waals surface area contributed by atoms with Crippen LogP contribution in [-0.4, -0.2) is 76.2 Å². The SMILES string of the molecule is CC(C)CCCC(C)CCCC(C)CCCC(C)CCOC[C@@H](COP(=O)(O)OCC[N+](C)(C)C)OCCC(C)CCCC(C)CCCC(C)CCCC(C)C. The first-order valence-corrected chi connectivity index (χ1v) is 25.4. The van der Waals surface area contributed by atoms with Crippen LogP contribution in [0.5, 0.6) is 0 Å². The van der Waals surface area contributed by atoms with Gasteiger partial charge in [0.2, 0.25) is 0 Å². The van der Waals surface area contributed by atoms with E-state index in [4.69, 9.17) is 18.5 Å². The molecule has 0 aliphatic carbocycles. The second-order valence-corrected chi connectivity index (χ2v) is 22.2. The van der Waals surface area contributed by atoms with Gasteiger partial charge in [-0.05, 0) is 60.2 Å². The monoisotopic (exact) mass is 819 g/mol. The second kappa shape index (κ2) is 33.7. The van der Waals surface area contributed by atoms with E-state index in [1.807, 2.05) is 21.1 Å². The van der Waals surface area contributed by atoms with Crippen molar-refractivity contribution in [3.63, 3.8) is 0 Å². The van der Waals surface area contributed by atoms with Gasteiger partial charge in [0.05, 0.1) is 34.4 Å². The summed E-state index contributed by atoms with van der Waals surface area (Å²) in [6, 6.07) is 0. The van der Waals surface area contributed by atoms with Gasteiger partial charge in [-0.25, -0.2) is 4.57 Å². The first-order chi connectivity index (χ1) is 26.3. The number of nitrogens with zero attached hydrogens (tertiary/aromatic N) is 1. The Hall–Kier alpha value is -0.0100. The molecule has 7 nitrogen and oxygen atoms in total. The van der Waals surface area contributed by atoms with Gasteiger partial charge >= 0.3 is 7.82 Å². The lowest BCUT2D eigenvalue weighted by Gasteiger charge is -2.24. The first kappa shape index (κ1) is 56.0. The van der Waals surface area contributed by atoms with Gasteiger partial charge in [-0.1, -0.05) is 185 Å². The quantitative estimate of drug-likeness (QED) is 0.0377. The number of hydrogen-bond donors (Lipinski definition) is 1. The fourth-order valence-electron chi connectivity index (χ4n) is 7.60. The average molecular weight is 819 g/mol. The van der Waals surface area contributed by atoms with E-state index >= 15 is 0 Å². The first-order valence-electron chi connectivity index (χ1n) is 23.9. The molecule has 0 rings (SSSR count). The van der Waals surface area contributed by atoms with Crippen molar-refractivity contribution in [3.05, 3.63) is 0 Å². The van der Waals surface area contributed by atoms with Crippen LogP contribution in [0, 0.1) is 47.3 Å². The lowest BCUT2D eigenvalue weighted by Crippen LogP contribution is -2.37. The Kier molecular flexibility index (Phi) is 33.7. The number of rotatable bonds is 40. The molecule has 0 saturated heterocycles. The molecule has 0 amide bonds. The Labute approximate surface area is 351 Å². The van der Waals surface area contributed by atoms with Crippen molar-refractivity contribution >= 4 is 7.82 Å². The molecule has 56 heavy (non-hydrogen) atoms. The molecular weight excluding hydrogens is 718 g/mol. The Morgan fingerprint density at radius 1 is 0.446 bits per heavy atom. The molecular formula is C48H101NO6P+. The molecule has 8 heteroatoms. The molecule has 0 bridgehead atoms. The summed E-state index contributed by atoms with van der Waals surface area (Å²) < 4.78 is 36.3. The van der Waals surface area contributed by atoms with Gasteiger partial charge in [-0.15, -0.1) is 0 Å². The van der Waals surface area contributed by atoms with Crippen LogP contribution < -0.4 is 0 Å². The topological polar surface area (TPSA) is 74.2 Å². The molecule has 338 valence electrons. The minimum absolute atomic E-state index is 0.0233. The summed E-state index contributed by atoms with van der Waals surface area (Å²) in [6.07, 6.45) is 25.6. The Morgan fingerprint density at radius 2 is 0.786 bits per heavy atom. The fourth-order valence-corrected chi connectivity index (χ4v) is 8.34. The molecule has 1 N–H and O–H groups in total. The average Bonchev–Trinajstić information content (AvgIpc) is 3.07. The van der Waals surface area contributed by atoms with Gasteiger partial charge < -0.3 is 18.9 Å². The molecule has 0 heterocycles. The predicted molar refractivity (Wildman–Crippen MR) is 242 cm³/mol. The molecule has 7 unspecified atom stereocenters. The molecule has 0 aromatic carbocycles. The van der Waals surface area contributed by atoms with E-state index in [1.54, 1.807) is 0 Å². The van der Waals surface area contributed by atoms with Crippen LogP contribution in [0.1, 0.15) is 198 Å². The highest BCUT2D eigenvalue weighted by Crippen LogP contribution is 2.43. The molecule has 0 radical (unpaired) electrons. The zero-order chi connectivity index (χ0) is 42.4. The van der Waals surface area contributed by atoms with Crippen molar-refractivity contribution in [3.8, 4) is 0 Å². The number of ether oxygens (including phenoxy) is 2. The number of phosphoric acid groups is 1. The molecule has 8 atom stereocenters. The zero-order valence-corrected chi connectivity index (χ0v) is 40.9. The fraction of sp³-hybridized carbons (Fsp3) is 1.00. The maximum atomic E-state index is 12.6. The van der Waals surface area contributed by atoms with Crippen molar-refractivity contribution in [2.45, 2.75) is 204 Å². The highest BCUT2D eigenvalue weighted by molar-refractivity contribution is 7.47. The second-order valence-electron chi connectivity index (χ2n) is 20.8. The van der Waals surface area contributed by atoms with Crippen LogP contribution in [-0.2, 0) is 23.1 Å². The number of likely N-dealkylation sites (N-methyl/N-ethyl adjacent to an activating group) is 1. The predicted octanol–water partition coefficient (Wildman–Crippen LogP) is 14.2. The molecule has 0 aliphatic rings. The van der Waals surface area contributed by atoms with Crippen LogP contribution in [0.3, 0.4) is 0 Å². The van der Waals surface area contributed by atoms with Crippen LogP contribution in [0.4, 0.5) is 0 Å². The van der Waals surface area contributed by atoms with E-state index in [2.05, 4.69) is 69.2 Å². The van der Waals surface area contributed by atoms with Crippen molar-refractivity contribution in [1.29, 1.82) is 0 Å². The lowest BCUT2D eigenvalue weighted by molar-refractivity contribution is -0.870. The van der Waals surface area contributed by atoms with Gasteiger partial charge in [0.1, 0.15) is 19.3 Å². The highest BCUT2D eigenvalue weighted by atomic mass is 31.2. The van der Waals surface area contributed by atoms with Crippen LogP contribution in [0.25, 0.3) is 0 Å². The normalized spacial score (nSPS) is 17.5. The summed E-state index contributed by atoms with van der Waals surface area (Å²) in [5.74, 6) is 6.15. The number of quaternary nitrogens is 1. The van der Waals surface area contributed by atoms with Gasteiger partial charge in [0.15, 0.2) is 0 Å². The minimum atomic E-state index is -4.17. The van der Waals surface area contributed by atoms with E-state index in [-0.39, 0.29) is 13.2 Å². The zero-order valence-electron chi connectivity index (χ0n) is 40.0. The number of phosphoric ester groups is 1. The smallest absolute Gasteiger partial charge is 0.379 e. The van der Waals surface area contributed by atoms with Gasteiger partial charge in [0.25, 0.3) is 0 Å². The largest absolute Gasteiger partial charge is 0.472 e. The Bertz CT molecular complexity index is 926. The van der Waals surface area contributed by atoms with Crippen molar-refractivity contribution in [1.82, 2.24) is 0 Å². The maximum Gasteiger partial charge on any atom is 0.472 e. The van der Waals surface area contributed by atoms with Gasteiger partial charge in [-0.2, -0.15) is 0 Å². The number of hydrogen-bond acceptors (Lipinski definition) is 5. The third-order valence-electron chi connectivity index (χ3n) is 12.0. The minimum Gasteiger partial charge on any atom is -0.379 e. The standard InChI is InChI=1S/C48H100NO6P/c1-40(2)20-14-22-42(5)24-16-26-44(7)28-18-30-46(9)32-35-52-38-48(39-55-56(50,51)54-37-34-49(11,12)13)53-36-33-47(10)31-19-29-45(8)27-17-25-43(6)23-15-21-41(3)4/h40-48H,14-39H2,1-13H3/p+1/t42?,43?,44?,45?,46?,47?,48-/m0/s1. The molecule has 0 spiro atoms. The molecule has 0 aromatic heterocycles. The molecule has 0 aromatic rings. The summed E-state index contributed by atoms with van der Waals surface area (Å²) in [7, 11) is 1.89. The summed E-state index contributed by atoms with van der Waals surface area (Å²) in [4.78, 5) is 10.3. The van der Waals surface area contributed by atoms with E-state index in [0.717, 1.165) is 48.3 Å². The summed E-state index contributed by atoms with van der Waals surface area (Å²) in [5, 5.41) is 0. The molecule has 0 fully saturated rings. The summed E-state index contributed by atoms with van der Waals surface area (Å²) in [5.41, 5.74) is 0. The molecule has 0 aliphatic heterocycles. The Morgan fingerprint density at radius 3 is 1.14 bits per heavy atom. The van der Waals surface area contributed by atoms with Crippen LogP contribution in [0.15, 0.2) is 0 Å². The van der Waals surface area contributed by atoms with Crippen molar-refractivity contribution in [2.75, 3.05) is 60.7 Å². The van der Waals surface area contributed by atoms with Crippen molar-refractivity contribution < 1.29 is 32.5 Å². The maximum absolute atomic E-state index is 12.6. The van der Waals surface area contributed by atoms with E-state index in [0.29, 0.717) is 42.7 Å². The van der Waals surface area contributed by atoms with E-state index in [9.17, 15) is 9.46 Å². The highest BCUT2D eigenvalue weighted by Gasteiger charge is 2.25. The summed E-state index contributed by atoms with van der Waals surface area (Å²) in [6.45, 7) is 26.0. The summed E-state index contributed by atoms with van der Waals surface area (Å²) >= 11 is 0.